The standard InChI is InChI=1S/C13H27NO/c1-11(2)7-13(3,4)10-14-8-12-5-6-15-9-12/h11-12,14H,5-10H2,1-4H3. The predicted molar refractivity (Wildman–Crippen MR) is 65.0 cm³/mol. The zero-order valence-corrected chi connectivity index (χ0v) is 10.8. The van der Waals surface area contributed by atoms with Crippen molar-refractivity contribution >= 4 is 0 Å². The van der Waals surface area contributed by atoms with Gasteiger partial charge < -0.3 is 10.1 Å². The predicted octanol–water partition coefficient (Wildman–Crippen LogP) is 2.68. The van der Waals surface area contributed by atoms with Gasteiger partial charge in [0.05, 0.1) is 6.61 Å². The Kier molecular flexibility index (Phi) is 5.07. The van der Waals surface area contributed by atoms with Crippen LogP contribution < -0.4 is 5.32 Å². The average Bonchev–Trinajstić information content (AvgIpc) is 2.53. The number of ether oxygens (including phenoxy) is 1. The molecule has 90 valence electrons. The van der Waals surface area contributed by atoms with Crippen LogP contribution in [0.15, 0.2) is 0 Å². The largest absolute Gasteiger partial charge is 0.381 e. The third-order valence-corrected chi connectivity index (χ3v) is 3.02. The molecule has 1 aliphatic rings. The molecule has 0 aromatic heterocycles. The fourth-order valence-corrected chi connectivity index (χ4v) is 2.54. The Bertz CT molecular complexity index is 171. The van der Waals surface area contributed by atoms with Crippen LogP contribution in [0.3, 0.4) is 0 Å². The van der Waals surface area contributed by atoms with Gasteiger partial charge in [-0.1, -0.05) is 27.7 Å². The van der Waals surface area contributed by atoms with Gasteiger partial charge in [0.2, 0.25) is 0 Å². The Morgan fingerprint density at radius 3 is 2.67 bits per heavy atom. The van der Waals surface area contributed by atoms with Crippen LogP contribution in [0.2, 0.25) is 0 Å². The lowest BCUT2D eigenvalue weighted by molar-refractivity contribution is 0.183. The van der Waals surface area contributed by atoms with Crippen molar-refractivity contribution in [2.24, 2.45) is 17.3 Å². The Hall–Kier alpha value is -0.0800. The molecule has 0 radical (unpaired) electrons. The van der Waals surface area contributed by atoms with E-state index in [2.05, 4.69) is 33.0 Å². The summed E-state index contributed by atoms with van der Waals surface area (Å²) in [7, 11) is 0. The highest BCUT2D eigenvalue weighted by atomic mass is 16.5. The van der Waals surface area contributed by atoms with Crippen LogP contribution in [0.4, 0.5) is 0 Å². The first-order chi connectivity index (χ1) is 6.99. The molecule has 1 rings (SSSR count). The third kappa shape index (κ3) is 5.53. The van der Waals surface area contributed by atoms with E-state index in [1.165, 1.54) is 12.8 Å². The van der Waals surface area contributed by atoms with Crippen LogP contribution in [0, 0.1) is 17.3 Å². The fraction of sp³-hybridized carbons (Fsp3) is 1.00. The first-order valence-corrected chi connectivity index (χ1v) is 6.28. The van der Waals surface area contributed by atoms with Crippen molar-refractivity contribution in [3.8, 4) is 0 Å². The Labute approximate surface area is 94.8 Å². The van der Waals surface area contributed by atoms with Crippen LogP contribution in [0.25, 0.3) is 0 Å². The quantitative estimate of drug-likeness (QED) is 0.732. The molecule has 1 saturated heterocycles. The first kappa shape index (κ1) is 13.0. The van der Waals surface area contributed by atoms with Crippen molar-refractivity contribution in [2.45, 2.75) is 40.5 Å². The zero-order chi connectivity index (χ0) is 11.3. The molecule has 1 aliphatic heterocycles. The molecule has 1 heterocycles. The summed E-state index contributed by atoms with van der Waals surface area (Å²) in [6.07, 6.45) is 2.53. The van der Waals surface area contributed by atoms with Crippen molar-refractivity contribution in [3.63, 3.8) is 0 Å². The zero-order valence-electron chi connectivity index (χ0n) is 10.8. The van der Waals surface area contributed by atoms with Gasteiger partial charge in [0.15, 0.2) is 0 Å². The number of hydrogen-bond acceptors (Lipinski definition) is 2. The molecule has 1 unspecified atom stereocenters. The molecular weight excluding hydrogens is 186 g/mol. The van der Waals surface area contributed by atoms with E-state index in [4.69, 9.17) is 4.74 Å². The number of nitrogens with one attached hydrogen (secondary N) is 1. The van der Waals surface area contributed by atoms with Crippen LogP contribution >= 0.6 is 0 Å². The molecule has 1 fully saturated rings. The summed E-state index contributed by atoms with van der Waals surface area (Å²) < 4.78 is 5.36. The summed E-state index contributed by atoms with van der Waals surface area (Å²) in [5.41, 5.74) is 0.424. The minimum atomic E-state index is 0.424. The van der Waals surface area contributed by atoms with E-state index in [1.54, 1.807) is 0 Å². The third-order valence-electron chi connectivity index (χ3n) is 3.02. The molecule has 0 bridgehead atoms. The summed E-state index contributed by atoms with van der Waals surface area (Å²) in [6, 6.07) is 0. The van der Waals surface area contributed by atoms with E-state index >= 15 is 0 Å². The highest BCUT2D eigenvalue weighted by Crippen LogP contribution is 2.24. The van der Waals surface area contributed by atoms with Gasteiger partial charge in [-0.05, 0) is 30.1 Å². The summed E-state index contributed by atoms with van der Waals surface area (Å²) in [5.74, 6) is 1.54. The van der Waals surface area contributed by atoms with Crippen molar-refractivity contribution in [1.29, 1.82) is 0 Å². The van der Waals surface area contributed by atoms with E-state index in [-0.39, 0.29) is 0 Å². The van der Waals surface area contributed by atoms with Gasteiger partial charge in [0.1, 0.15) is 0 Å². The monoisotopic (exact) mass is 213 g/mol. The van der Waals surface area contributed by atoms with Gasteiger partial charge in [0, 0.05) is 19.7 Å². The summed E-state index contributed by atoms with van der Waals surface area (Å²) >= 11 is 0. The van der Waals surface area contributed by atoms with Gasteiger partial charge >= 0.3 is 0 Å². The first-order valence-electron chi connectivity index (χ1n) is 6.28. The summed E-state index contributed by atoms with van der Waals surface area (Å²) in [6.45, 7) is 13.5. The van der Waals surface area contributed by atoms with Gasteiger partial charge in [-0.3, -0.25) is 0 Å². The van der Waals surface area contributed by atoms with E-state index in [0.29, 0.717) is 5.41 Å². The van der Waals surface area contributed by atoms with Crippen LogP contribution in [-0.2, 0) is 4.74 Å². The van der Waals surface area contributed by atoms with Crippen LogP contribution in [0.5, 0.6) is 0 Å². The fourth-order valence-electron chi connectivity index (χ4n) is 2.54. The lowest BCUT2D eigenvalue weighted by Gasteiger charge is -2.27. The SMILES string of the molecule is CC(C)CC(C)(C)CNCC1CCOC1. The Morgan fingerprint density at radius 1 is 1.40 bits per heavy atom. The van der Waals surface area contributed by atoms with Crippen molar-refractivity contribution in [2.75, 3.05) is 26.3 Å². The molecular formula is C13H27NO. The normalized spacial score (nSPS) is 22.6. The number of rotatable bonds is 6. The lowest BCUT2D eigenvalue weighted by Crippen LogP contribution is -2.33. The molecule has 0 aliphatic carbocycles. The topological polar surface area (TPSA) is 21.3 Å². The molecule has 0 spiro atoms. The van der Waals surface area contributed by atoms with E-state index in [0.717, 1.165) is 38.1 Å². The highest BCUT2D eigenvalue weighted by molar-refractivity contribution is 4.75. The average molecular weight is 213 g/mol. The minimum Gasteiger partial charge on any atom is -0.381 e. The second-order valence-electron chi connectivity index (χ2n) is 6.12. The molecule has 0 saturated carbocycles. The summed E-state index contributed by atoms with van der Waals surface area (Å²) in [5, 5.41) is 3.59. The van der Waals surface area contributed by atoms with Gasteiger partial charge in [-0.15, -0.1) is 0 Å². The van der Waals surface area contributed by atoms with Crippen molar-refractivity contribution in [3.05, 3.63) is 0 Å². The molecule has 2 heteroatoms. The molecule has 15 heavy (non-hydrogen) atoms. The van der Waals surface area contributed by atoms with Crippen LogP contribution in [0.1, 0.15) is 40.5 Å². The van der Waals surface area contributed by atoms with Gasteiger partial charge in [-0.25, -0.2) is 0 Å². The van der Waals surface area contributed by atoms with Crippen LogP contribution in [-0.4, -0.2) is 26.3 Å². The molecule has 1 atom stereocenters. The second kappa shape index (κ2) is 5.86. The van der Waals surface area contributed by atoms with Crippen molar-refractivity contribution < 1.29 is 4.74 Å². The van der Waals surface area contributed by atoms with E-state index in [1.807, 2.05) is 0 Å². The molecule has 0 aromatic carbocycles. The van der Waals surface area contributed by atoms with Gasteiger partial charge in [0.25, 0.3) is 0 Å². The molecule has 0 aromatic rings. The molecule has 1 N–H and O–H groups in total. The lowest BCUT2D eigenvalue weighted by atomic mass is 9.84. The smallest absolute Gasteiger partial charge is 0.0507 e. The maximum absolute atomic E-state index is 5.36. The maximum atomic E-state index is 5.36. The summed E-state index contributed by atoms with van der Waals surface area (Å²) in [4.78, 5) is 0. The van der Waals surface area contributed by atoms with Gasteiger partial charge in [-0.2, -0.15) is 0 Å². The molecule has 0 amide bonds. The van der Waals surface area contributed by atoms with E-state index in [9.17, 15) is 0 Å². The minimum absolute atomic E-state index is 0.424. The highest BCUT2D eigenvalue weighted by Gasteiger charge is 2.20. The Balaban J connectivity index is 2.11. The number of hydrogen-bond donors (Lipinski definition) is 1. The second-order valence-corrected chi connectivity index (χ2v) is 6.12. The maximum Gasteiger partial charge on any atom is 0.0507 e. The van der Waals surface area contributed by atoms with E-state index < -0.39 is 0 Å². The molecule has 2 nitrogen and oxygen atoms in total. The van der Waals surface area contributed by atoms with Crippen molar-refractivity contribution in [1.82, 2.24) is 5.32 Å². The Morgan fingerprint density at radius 2 is 2.13 bits per heavy atom.